The molecular formula is C16H23N3O. The maximum Gasteiger partial charge on any atom is 0.225 e. The lowest BCUT2D eigenvalue weighted by molar-refractivity contribution is -0.116. The summed E-state index contributed by atoms with van der Waals surface area (Å²) in [6.45, 7) is 2.09. The van der Waals surface area contributed by atoms with Gasteiger partial charge in [-0.2, -0.15) is 0 Å². The quantitative estimate of drug-likeness (QED) is 0.750. The molecule has 4 heteroatoms. The molecule has 2 aliphatic carbocycles. The number of nitrogen functional groups attached to an aromatic ring is 1. The number of amides is 1. The molecule has 1 amide bonds. The van der Waals surface area contributed by atoms with E-state index in [0.717, 1.165) is 24.2 Å². The lowest BCUT2D eigenvalue weighted by Gasteiger charge is -2.21. The molecule has 2 fully saturated rings. The van der Waals surface area contributed by atoms with Crippen molar-refractivity contribution in [3.05, 3.63) is 24.3 Å². The molecule has 1 aromatic rings. The molecule has 0 unspecified atom stereocenters. The highest BCUT2D eigenvalue weighted by molar-refractivity contribution is 5.90. The van der Waals surface area contributed by atoms with Crippen molar-refractivity contribution in [3.63, 3.8) is 0 Å². The number of carbonyl (C=O) groups excluding carboxylic acids is 1. The predicted octanol–water partition coefficient (Wildman–Crippen LogP) is 2.47. The third-order valence-electron chi connectivity index (χ3n) is 4.07. The summed E-state index contributed by atoms with van der Waals surface area (Å²) in [6.07, 6.45) is 5.95. The lowest BCUT2D eigenvalue weighted by Crippen LogP contribution is -2.31. The van der Waals surface area contributed by atoms with Crippen LogP contribution in [0.5, 0.6) is 0 Å². The second-order valence-electron chi connectivity index (χ2n) is 6.09. The van der Waals surface area contributed by atoms with E-state index in [1.54, 1.807) is 12.1 Å². The van der Waals surface area contributed by atoms with Crippen molar-refractivity contribution in [1.29, 1.82) is 0 Å². The molecule has 0 spiro atoms. The van der Waals surface area contributed by atoms with Gasteiger partial charge in [-0.25, -0.2) is 0 Å². The Morgan fingerprint density at radius 1 is 1.20 bits per heavy atom. The van der Waals surface area contributed by atoms with Gasteiger partial charge in [0.25, 0.3) is 0 Å². The fraction of sp³-hybridized carbons (Fsp3) is 0.562. The fourth-order valence-electron chi connectivity index (χ4n) is 2.53. The monoisotopic (exact) mass is 273 g/mol. The van der Waals surface area contributed by atoms with Crippen molar-refractivity contribution in [2.45, 2.75) is 38.1 Å². The second kappa shape index (κ2) is 5.83. The molecular weight excluding hydrogens is 250 g/mol. The molecule has 2 saturated carbocycles. The molecule has 20 heavy (non-hydrogen) atoms. The molecule has 0 aromatic heterocycles. The van der Waals surface area contributed by atoms with E-state index in [4.69, 9.17) is 5.73 Å². The van der Waals surface area contributed by atoms with Crippen LogP contribution in [0.2, 0.25) is 0 Å². The number of benzene rings is 1. The van der Waals surface area contributed by atoms with Gasteiger partial charge in [-0.15, -0.1) is 0 Å². The molecule has 0 heterocycles. The van der Waals surface area contributed by atoms with Crippen LogP contribution in [0.3, 0.4) is 0 Å². The summed E-state index contributed by atoms with van der Waals surface area (Å²) in [7, 11) is 0. The SMILES string of the molecule is Nc1ccc(NC(=O)CCN(CC2CC2)C2CC2)cc1. The van der Waals surface area contributed by atoms with Crippen LogP contribution < -0.4 is 11.1 Å². The van der Waals surface area contributed by atoms with Crippen molar-refractivity contribution in [2.75, 3.05) is 24.1 Å². The Kier molecular flexibility index (Phi) is 3.92. The van der Waals surface area contributed by atoms with E-state index in [2.05, 4.69) is 10.2 Å². The van der Waals surface area contributed by atoms with Gasteiger partial charge >= 0.3 is 0 Å². The molecule has 3 N–H and O–H groups in total. The lowest BCUT2D eigenvalue weighted by atomic mass is 10.2. The Balaban J connectivity index is 1.44. The van der Waals surface area contributed by atoms with E-state index in [0.29, 0.717) is 12.1 Å². The van der Waals surface area contributed by atoms with Crippen molar-refractivity contribution >= 4 is 17.3 Å². The first-order chi connectivity index (χ1) is 9.70. The third kappa shape index (κ3) is 3.97. The van der Waals surface area contributed by atoms with Gasteiger partial charge in [-0.1, -0.05) is 0 Å². The standard InChI is InChI=1S/C16H23N3O/c17-13-3-5-14(6-4-13)18-16(20)9-10-19(15-7-8-15)11-12-1-2-12/h3-6,12,15H,1-2,7-11,17H2,(H,18,20). The van der Waals surface area contributed by atoms with Gasteiger partial charge < -0.3 is 11.1 Å². The van der Waals surface area contributed by atoms with Crippen molar-refractivity contribution in [3.8, 4) is 0 Å². The minimum atomic E-state index is 0.0937. The van der Waals surface area contributed by atoms with Gasteiger partial charge in [0.1, 0.15) is 0 Å². The number of nitrogens with zero attached hydrogens (tertiary/aromatic N) is 1. The number of anilines is 2. The number of rotatable bonds is 7. The Bertz CT molecular complexity index is 463. The van der Waals surface area contributed by atoms with Gasteiger partial charge in [-0.3, -0.25) is 9.69 Å². The predicted molar refractivity (Wildman–Crippen MR) is 81.4 cm³/mol. The first-order valence-electron chi connectivity index (χ1n) is 7.60. The molecule has 0 bridgehead atoms. The average Bonchev–Trinajstić information content (AvgIpc) is 3.29. The van der Waals surface area contributed by atoms with Crippen LogP contribution in [0.15, 0.2) is 24.3 Å². The Morgan fingerprint density at radius 3 is 2.50 bits per heavy atom. The first-order valence-corrected chi connectivity index (χ1v) is 7.60. The van der Waals surface area contributed by atoms with E-state index < -0.39 is 0 Å². The Morgan fingerprint density at radius 2 is 1.90 bits per heavy atom. The normalized spacial score (nSPS) is 18.2. The zero-order valence-electron chi connectivity index (χ0n) is 11.8. The minimum Gasteiger partial charge on any atom is -0.399 e. The number of nitrogens with two attached hydrogens (primary N) is 1. The summed E-state index contributed by atoms with van der Waals surface area (Å²) in [4.78, 5) is 14.5. The molecule has 108 valence electrons. The summed E-state index contributed by atoms with van der Waals surface area (Å²) >= 11 is 0. The maximum absolute atomic E-state index is 12.0. The highest BCUT2D eigenvalue weighted by Crippen LogP contribution is 2.34. The maximum atomic E-state index is 12.0. The molecule has 3 rings (SSSR count). The van der Waals surface area contributed by atoms with Gasteiger partial charge in [0.15, 0.2) is 0 Å². The van der Waals surface area contributed by atoms with Gasteiger partial charge in [0, 0.05) is 36.9 Å². The van der Waals surface area contributed by atoms with Crippen molar-refractivity contribution in [2.24, 2.45) is 5.92 Å². The zero-order valence-corrected chi connectivity index (χ0v) is 11.8. The zero-order chi connectivity index (χ0) is 13.9. The number of hydrogen-bond donors (Lipinski definition) is 2. The van der Waals surface area contributed by atoms with E-state index in [1.165, 1.54) is 32.2 Å². The van der Waals surface area contributed by atoms with Crippen LogP contribution in [0.25, 0.3) is 0 Å². The third-order valence-corrected chi connectivity index (χ3v) is 4.07. The van der Waals surface area contributed by atoms with E-state index >= 15 is 0 Å². The Hall–Kier alpha value is -1.55. The molecule has 0 radical (unpaired) electrons. The van der Waals surface area contributed by atoms with Crippen LogP contribution in [0.4, 0.5) is 11.4 Å². The minimum absolute atomic E-state index is 0.0937. The van der Waals surface area contributed by atoms with Gasteiger partial charge in [0.2, 0.25) is 5.91 Å². The van der Waals surface area contributed by atoms with Crippen LogP contribution in [0.1, 0.15) is 32.1 Å². The molecule has 4 nitrogen and oxygen atoms in total. The second-order valence-corrected chi connectivity index (χ2v) is 6.09. The molecule has 0 aliphatic heterocycles. The summed E-state index contributed by atoms with van der Waals surface area (Å²) in [5, 5.41) is 2.93. The summed E-state index contributed by atoms with van der Waals surface area (Å²) in [5.74, 6) is 0.993. The largest absolute Gasteiger partial charge is 0.399 e. The van der Waals surface area contributed by atoms with E-state index in [9.17, 15) is 4.79 Å². The van der Waals surface area contributed by atoms with Crippen molar-refractivity contribution in [1.82, 2.24) is 4.90 Å². The van der Waals surface area contributed by atoms with Crippen LogP contribution in [0, 0.1) is 5.92 Å². The fourth-order valence-corrected chi connectivity index (χ4v) is 2.53. The first kappa shape index (κ1) is 13.4. The van der Waals surface area contributed by atoms with Gasteiger partial charge in [0.05, 0.1) is 0 Å². The van der Waals surface area contributed by atoms with E-state index in [-0.39, 0.29) is 5.91 Å². The summed E-state index contributed by atoms with van der Waals surface area (Å²) in [6, 6.07) is 8.05. The van der Waals surface area contributed by atoms with Crippen LogP contribution >= 0.6 is 0 Å². The van der Waals surface area contributed by atoms with Crippen molar-refractivity contribution < 1.29 is 4.79 Å². The topological polar surface area (TPSA) is 58.4 Å². The number of nitrogens with one attached hydrogen (secondary N) is 1. The van der Waals surface area contributed by atoms with Crippen LogP contribution in [-0.4, -0.2) is 29.9 Å². The summed E-state index contributed by atoms with van der Waals surface area (Å²) < 4.78 is 0. The Labute approximate surface area is 120 Å². The highest BCUT2D eigenvalue weighted by atomic mass is 16.1. The number of carbonyl (C=O) groups is 1. The molecule has 1 aromatic carbocycles. The van der Waals surface area contributed by atoms with Gasteiger partial charge in [-0.05, 0) is 55.9 Å². The number of hydrogen-bond acceptors (Lipinski definition) is 3. The smallest absolute Gasteiger partial charge is 0.225 e. The summed E-state index contributed by atoms with van der Waals surface area (Å²) in [5.41, 5.74) is 7.17. The van der Waals surface area contributed by atoms with E-state index in [1.807, 2.05) is 12.1 Å². The molecule has 0 saturated heterocycles. The average molecular weight is 273 g/mol. The highest BCUT2D eigenvalue weighted by Gasteiger charge is 2.33. The molecule has 0 atom stereocenters. The van der Waals surface area contributed by atoms with Crippen LogP contribution in [-0.2, 0) is 4.79 Å². The molecule has 2 aliphatic rings.